The molecule has 222 valence electrons. The average Bonchev–Trinajstić information content (AvgIpc) is 3.47. The molecule has 0 radical (unpaired) electrons. The molecule has 7 aromatic rings. The molecule has 44 heavy (non-hydrogen) atoms. The van der Waals surface area contributed by atoms with Crippen LogP contribution in [-0.2, 0) is 17.3 Å². The predicted molar refractivity (Wildman–Crippen MR) is 185 cm³/mol. The minimum Gasteiger partial charge on any atom is -0.507 e. The normalized spacial score (nSPS) is 12.9. The fourth-order valence-electron chi connectivity index (χ4n) is 6.75. The molecule has 0 amide bonds. The number of phenols is 1. The Bertz CT molecular complexity index is 2210. The fourth-order valence-corrected chi connectivity index (χ4v) is 6.75. The van der Waals surface area contributed by atoms with Crippen LogP contribution in [0.15, 0.2) is 79.0 Å². The summed E-state index contributed by atoms with van der Waals surface area (Å²) in [6, 6.07) is 26.1. The van der Waals surface area contributed by atoms with Gasteiger partial charge >= 0.3 is 0 Å². The van der Waals surface area contributed by atoms with Crippen molar-refractivity contribution in [3.63, 3.8) is 0 Å². The molecule has 0 atom stereocenters. The van der Waals surface area contributed by atoms with Crippen LogP contribution in [0.1, 0.15) is 72.1 Å². The highest BCUT2D eigenvalue weighted by Crippen LogP contribution is 2.43. The summed E-state index contributed by atoms with van der Waals surface area (Å²) in [6.45, 7) is 17.6. The maximum atomic E-state index is 11.7. The number of rotatable bonds is 4. The van der Waals surface area contributed by atoms with E-state index in [4.69, 9.17) is 9.97 Å². The van der Waals surface area contributed by atoms with Gasteiger partial charge in [0.05, 0.1) is 22.4 Å². The number of hydrogen-bond donors (Lipinski definition) is 1. The SMILES string of the molecule is CC(C)Cc1cc(-c2ccc3c4cccc5c6cccnc6n(c3c2)c45)nc(-c2cc(C(C)(C)C)cc(C(C)(C)C)c2O)c1. The van der Waals surface area contributed by atoms with Crippen molar-refractivity contribution in [1.29, 1.82) is 0 Å². The molecule has 0 bridgehead atoms. The van der Waals surface area contributed by atoms with Crippen molar-refractivity contribution < 1.29 is 5.11 Å². The number of pyridine rings is 2. The van der Waals surface area contributed by atoms with Gasteiger partial charge in [0.15, 0.2) is 0 Å². The Hall–Kier alpha value is -4.44. The van der Waals surface area contributed by atoms with Crippen LogP contribution in [0, 0.1) is 5.92 Å². The van der Waals surface area contributed by atoms with Crippen molar-refractivity contribution in [1.82, 2.24) is 14.4 Å². The molecular formula is C40H41N3O. The Morgan fingerprint density at radius 1 is 0.750 bits per heavy atom. The molecule has 0 aliphatic heterocycles. The van der Waals surface area contributed by atoms with Gasteiger partial charge in [-0.25, -0.2) is 9.97 Å². The molecular weight excluding hydrogens is 538 g/mol. The van der Waals surface area contributed by atoms with Gasteiger partial charge in [0.2, 0.25) is 0 Å². The zero-order valence-corrected chi connectivity index (χ0v) is 27.1. The van der Waals surface area contributed by atoms with Crippen molar-refractivity contribution in [3.05, 3.63) is 95.7 Å². The van der Waals surface area contributed by atoms with Crippen LogP contribution in [0.4, 0.5) is 0 Å². The molecule has 4 heteroatoms. The summed E-state index contributed by atoms with van der Waals surface area (Å²) in [5.74, 6) is 0.806. The van der Waals surface area contributed by atoms with Gasteiger partial charge in [0.25, 0.3) is 0 Å². The number of fused-ring (bicyclic) bond motifs is 6. The van der Waals surface area contributed by atoms with E-state index in [9.17, 15) is 5.11 Å². The van der Waals surface area contributed by atoms with Crippen LogP contribution in [-0.4, -0.2) is 19.5 Å². The summed E-state index contributed by atoms with van der Waals surface area (Å²) in [5, 5.41) is 16.6. The van der Waals surface area contributed by atoms with Crippen molar-refractivity contribution in [2.75, 3.05) is 0 Å². The quantitative estimate of drug-likeness (QED) is 0.226. The van der Waals surface area contributed by atoms with Gasteiger partial charge in [-0.15, -0.1) is 0 Å². The van der Waals surface area contributed by atoms with Crippen LogP contribution in [0.2, 0.25) is 0 Å². The van der Waals surface area contributed by atoms with E-state index in [1.54, 1.807) is 0 Å². The summed E-state index contributed by atoms with van der Waals surface area (Å²) in [7, 11) is 0. The van der Waals surface area contributed by atoms with Gasteiger partial charge in [0, 0.05) is 44.4 Å². The van der Waals surface area contributed by atoms with E-state index in [2.05, 4.69) is 127 Å². The Labute approximate surface area is 259 Å². The fraction of sp³-hybridized carbons (Fsp3) is 0.300. The highest BCUT2D eigenvalue weighted by Gasteiger charge is 2.26. The molecule has 4 heterocycles. The molecule has 0 fully saturated rings. The Morgan fingerprint density at radius 2 is 1.45 bits per heavy atom. The van der Waals surface area contributed by atoms with Crippen LogP contribution in [0.5, 0.6) is 5.75 Å². The Kier molecular flexibility index (Phi) is 6.30. The van der Waals surface area contributed by atoms with Crippen LogP contribution in [0.25, 0.3) is 60.7 Å². The second-order valence-corrected chi connectivity index (χ2v) is 14.9. The summed E-state index contributed by atoms with van der Waals surface area (Å²) in [5.41, 5.74) is 9.97. The molecule has 3 aromatic carbocycles. The lowest BCUT2D eigenvalue weighted by Crippen LogP contribution is -2.17. The average molecular weight is 580 g/mol. The Balaban J connectivity index is 1.49. The number of phenolic OH excluding ortho intramolecular Hbond substituents is 1. The lowest BCUT2D eigenvalue weighted by molar-refractivity contribution is 0.446. The minimum absolute atomic E-state index is 0.0747. The maximum absolute atomic E-state index is 11.7. The highest BCUT2D eigenvalue weighted by molar-refractivity contribution is 6.22. The van der Waals surface area contributed by atoms with E-state index in [-0.39, 0.29) is 10.8 Å². The van der Waals surface area contributed by atoms with E-state index in [0.29, 0.717) is 11.7 Å². The maximum Gasteiger partial charge on any atom is 0.145 e. The molecule has 0 aliphatic rings. The Morgan fingerprint density at radius 3 is 2.16 bits per heavy atom. The molecule has 0 unspecified atom stereocenters. The van der Waals surface area contributed by atoms with Gasteiger partial charge in [-0.3, -0.25) is 4.40 Å². The highest BCUT2D eigenvalue weighted by atomic mass is 16.3. The molecule has 7 rings (SSSR count). The first-order chi connectivity index (χ1) is 20.8. The van der Waals surface area contributed by atoms with Gasteiger partial charge in [-0.1, -0.05) is 91.8 Å². The first-order valence-corrected chi connectivity index (χ1v) is 15.7. The van der Waals surface area contributed by atoms with Crippen LogP contribution >= 0.6 is 0 Å². The number of para-hydroxylation sites is 1. The molecule has 4 nitrogen and oxygen atoms in total. The molecule has 0 spiro atoms. The number of hydrogen-bond acceptors (Lipinski definition) is 3. The summed E-state index contributed by atoms with van der Waals surface area (Å²) in [4.78, 5) is 10.1. The molecule has 0 aliphatic carbocycles. The van der Waals surface area contributed by atoms with Gasteiger partial charge in [0.1, 0.15) is 11.4 Å². The first-order valence-electron chi connectivity index (χ1n) is 15.7. The minimum atomic E-state index is -0.216. The lowest BCUT2D eigenvalue weighted by Gasteiger charge is -2.27. The predicted octanol–water partition coefficient (Wildman–Crippen LogP) is 10.5. The van der Waals surface area contributed by atoms with Crippen molar-refractivity contribution in [2.45, 2.75) is 72.6 Å². The van der Waals surface area contributed by atoms with Crippen molar-refractivity contribution in [3.8, 4) is 28.3 Å². The summed E-state index contributed by atoms with van der Waals surface area (Å²) >= 11 is 0. The zero-order chi connectivity index (χ0) is 31.1. The number of nitrogens with zero attached hydrogens (tertiary/aromatic N) is 3. The second-order valence-electron chi connectivity index (χ2n) is 14.9. The first kappa shape index (κ1) is 28.3. The molecule has 1 N–H and O–H groups in total. The topological polar surface area (TPSA) is 50.4 Å². The van der Waals surface area contributed by atoms with E-state index in [1.165, 1.54) is 38.2 Å². The number of aromatic hydroxyl groups is 1. The summed E-state index contributed by atoms with van der Waals surface area (Å²) in [6.07, 6.45) is 2.80. The molecule has 0 saturated carbocycles. The molecule has 4 aromatic heterocycles. The lowest BCUT2D eigenvalue weighted by atomic mass is 9.78. The van der Waals surface area contributed by atoms with Crippen LogP contribution < -0.4 is 0 Å². The van der Waals surface area contributed by atoms with E-state index < -0.39 is 0 Å². The standard InChI is InChI=1S/C40H41N3O/c1-23(2)17-24-18-33(42-34(19-24)31-21-26(39(3,4)5)22-32(37(31)44)40(6,7)8)25-14-15-27-28-11-9-12-29-30-13-10-16-41-38(30)43(36(28)29)35(27)20-25/h9-16,18-23,44H,17H2,1-8H3. The van der Waals surface area contributed by atoms with E-state index >= 15 is 0 Å². The zero-order valence-electron chi connectivity index (χ0n) is 27.1. The number of benzene rings is 3. The third kappa shape index (κ3) is 4.51. The second kappa shape index (κ2) is 9.79. The van der Waals surface area contributed by atoms with Crippen LogP contribution in [0.3, 0.4) is 0 Å². The van der Waals surface area contributed by atoms with E-state index in [1.807, 2.05) is 12.3 Å². The monoisotopic (exact) mass is 579 g/mol. The smallest absolute Gasteiger partial charge is 0.145 e. The number of aromatic nitrogens is 3. The third-order valence-electron chi connectivity index (χ3n) is 8.96. The molecule has 0 saturated heterocycles. The summed E-state index contributed by atoms with van der Waals surface area (Å²) < 4.78 is 2.31. The van der Waals surface area contributed by atoms with E-state index in [0.717, 1.165) is 45.7 Å². The van der Waals surface area contributed by atoms with Gasteiger partial charge in [-0.2, -0.15) is 0 Å². The largest absolute Gasteiger partial charge is 0.507 e. The van der Waals surface area contributed by atoms with Crippen molar-refractivity contribution in [2.24, 2.45) is 5.92 Å². The van der Waals surface area contributed by atoms with Crippen molar-refractivity contribution >= 4 is 38.2 Å². The van der Waals surface area contributed by atoms with Gasteiger partial charge < -0.3 is 5.11 Å². The third-order valence-corrected chi connectivity index (χ3v) is 8.96. The van der Waals surface area contributed by atoms with Gasteiger partial charge in [-0.05, 0) is 70.7 Å².